The number of rotatable bonds is 4. The molecule has 2 aromatic rings. The molecule has 5 nitrogen and oxygen atoms in total. The SMILES string of the molecule is Cc1cc(F)ccc1CC(=O)N1Cc2ccnn2[C@@H](CN2CCCCC2)C1. The molecule has 1 fully saturated rings. The molecule has 6 heteroatoms. The van der Waals surface area contributed by atoms with Gasteiger partial charge in [-0.1, -0.05) is 12.5 Å². The predicted octanol–water partition coefficient (Wildman–Crippen LogP) is 2.94. The number of benzene rings is 1. The van der Waals surface area contributed by atoms with Gasteiger partial charge in [0, 0.05) is 19.3 Å². The van der Waals surface area contributed by atoms with E-state index in [1.54, 1.807) is 6.07 Å². The summed E-state index contributed by atoms with van der Waals surface area (Å²) in [6, 6.07) is 6.85. The number of amides is 1. The first-order chi connectivity index (χ1) is 13.1. The summed E-state index contributed by atoms with van der Waals surface area (Å²) >= 11 is 0. The summed E-state index contributed by atoms with van der Waals surface area (Å²) in [7, 11) is 0. The van der Waals surface area contributed by atoms with Crippen molar-refractivity contribution >= 4 is 5.91 Å². The molecular weight excluding hydrogens is 343 g/mol. The Morgan fingerprint density at radius 1 is 1.22 bits per heavy atom. The molecule has 1 saturated heterocycles. The molecule has 0 spiro atoms. The van der Waals surface area contributed by atoms with Gasteiger partial charge < -0.3 is 9.80 Å². The molecule has 2 aliphatic heterocycles. The minimum atomic E-state index is -0.257. The van der Waals surface area contributed by atoms with E-state index in [0.717, 1.165) is 36.5 Å². The Hall–Kier alpha value is -2.21. The fraction of sp³-hybridized carbons (Fsp3) is 0.524. The van der Waals surface area contributed by atoms with Crippen LogP contribution in [0.2, 0.25) is 0 Å². The monoisotopic (exact) mass is 370 g/mol. The van der Waals surface area contributed by atoms with Crippen molar-refractivity contribution in [3.63, 3.8) is 0 Å². The first kappa shape index (κ1) is 18.2. The van der Waals surface area contributed by atoms with Crippen LogP contribution in [0.4, 0.5) is 4.39 Å². The number of hydrogen-bond acceptors (Lipinski definition) is 3. The molecule has 0 unspecified atom stereocenters. The fourth-order valence-electron chi connectivity index (χ4n) is 4.28. The molecule has 0 saturated carbocycles. The van der Waals surface area contributed by atoms with Gasteiger partial charge in [0.1, 0.15) is 5.82 Å². The van der Waals surface area contributed by atoms with Crippen LogP contribution in [0, 0.1) is 12.7 Å². The Bertz CT molecular complexity index is 812. The molecule has 2 aliphatic rings. The van der Waals surface area contributed by atoms with Gasteiger partial charge in [-0.25, -0.2) is 4.39 Å². The van der Waals surface area contributed by atoms with Gasteiger partial charge in [-0.05, 0) is 62.2 Å². The van der Waals surface area contributed by atoms with E-state index < -0.39 is 0 Å². The van der Waals surface area contributed by atoms with E-state index >= 15 is 0 Å². The number of carbonyl (C=O) groups is 1. The Morgan fingerprint density at radius 3 is 2.81 bits per heavy atom. The van der Waals surface area contributed by atoms with Crippen LogP contribution in [0.15, 0.2) is 30.5 Å². The lowest BCUT2D eigenvalue weighted by atomic mass is 10.0. The van der Waals surface area contributed by atoms with E-state index in [2.05, 4.69) is 14.7 Å². The second-order valence-electron chi connectivity index (χ2n) is 7.80. The predicted molar refractivity (Wildman–Crippen MR) is 102 cm³/mol. The number of aromatic nitrogens is 2. The lowest BCUT2D eigenvalue weighted by Gasteiger charge is -2.37. The minimum absolute atomic E-state index is 0.0980. The van der Waals surface area contributed by atoms with Crippen molar-refractivity contribution < 1.29 is 9.18 Å². The number of hydrogen-bond donors (Lipinski definition) is 0. The van der Waals surface area contributed by atoms with Gasteiger partial charge in [0.2, 0.25) is 5.91 Å². The molecule has 4 rings (SSSR count). The summed E-state index contributed by atoms with van der Waals surface area (Å²) in [5.74, 6) is -0.159. The lowest BCUT2D eigenvalue weighted by Crippen LogP contribution is -2.46. The molecule has 144 valence electrons. The third-order valence-electron chi connectivity index (χ3n) is 5.80. The van der Waals surface area contributed by atoms with Crippen molar-refractivity contribution in [1.82, 2.24) is 19.6 Å². The Balaban J connectivity index is 1.47. The molecule has 1 aromatic heterocycles. The summed E-state index contributed by atoms with van der Waals surface area (Å²) in [6.45, 7) is 6.34. The van der Waals surface area contributed by atoms with Gasteiger partial charge in [-0.15, -0.1) is 0 Å². The highest BCUT2D eigenvalue weighted by molar-refractivity contribution is 5.79. The van der Waals surface area contributed by atoms with Crippen molar-refractivity contribution in [2.45, 2.75) is 45.2 Å². The number of halogens is 1. The van der Waals surface area contributed by atoms with Crippen molar-refractivity contribution in [2.24, 2.45) is 0 Å². The number of aryl methyl sites for hydroxylation is 1. The van der Waals surface area contributed by atoms with Crippen LogP contribution >= 0.6 is 0 Å². The summed E-state index contributed by atoms with van der Waals surface area (Å²) in [5, 5.41) is 4.52. The number of carbonyl (C=O) groups excluding carboxylic acids is 1. The van der Waals surface area contributed by atoms with Crippen molar-refractivity contribution in [1.29, 1.82) is 0 Å². The van der Waals surface area contributed by atoms with Crippen molar-refractivity contribution in [3.8, 4) is 0 Å². The molecule has 0 radical (unpaired) electrons. The third-order valence-corrected chi connectivity index (χ3v) is 5.80. The van der Waals surface area contributed by atoms with E-state index in [1.165, 1.54) is 31.4 Å². The second kappa shape index (κ2) is 7.80. The molecule has 3 heterocycles. The van der Waals surface area contributed by atoms with Crippen LogP contribution in [0.3, 0.4) is 0 Å². The first-order valence-electron chi connectivity index (χ1n) is 9.88. The fourth-order valence-corrected chi connectivity index (χ4v) is 4.28. The largest absolute Gasteiger partial charge is 0.334 e. The van der Waals surface area contributed by atoms with E-state index in [9.17, 15) is 9.18 Å². The van der Waals surface area contributed by atoms with Crippen LogP contribution in [0.25, 0.3) is 0 Å². The standard InChI is InChI=1S/C21H27FN4O/c1-16-11-18(22)6-5-17(16)12-21(27)25-14-19-7-8-23-26(19)20(15-25)13-24-9-3-2-4-10-24/h5-8,11,20H,2-4,9-10,12-15H2,1H3/t20-/m0/s1. The molecule has 1 atom stereocenters. The van der Waals surface area contributed by atoms with E-state index in [1.807, 2.05) is 24.1 Å². The van der Waals surface area contributed by atoms with E-state index in [0.29, 0.717) is 19.5 Å². The highest BCUT2D eigenvalue weighted by atomic mass is 19.1. The van der Waals surface area contributed by atoms with Crippen LogP contribution < -0.4 is 0 Å². The maximum atomic E-state index is 13.3. The van der Waals surface area contributed by atoms with Gasteiger partial charge in [0.05, 0.1) is 24.7 Å². The molecule has 27 heavy (non-hydrogen) atoms. The minimum Gasteiger partial charge on any atom is -0.334 e. The van der Waals surface area contributed by atoms with Gasteiger partial charge in [0.25, 0.3) is 0 Å². The smallest absolute Gasteiger partial charge is 0.227 e. The third kappa shape index (κ3) is 4.05. The van der Waals surface area contributed by atoms with E-state index in [-0.39, 0.29) is 17.8 Å². The molecule has 0 bridgehead atoms. The van der Waals surface area contributed by atoms with E-state index in [4.69, 9.17) is 0 Å². The normalized spacial score (nSPS) is 20.5. The van der Waals surface area contributed by atoms with Gasteiger partial charge in [-0.3, -0.25) is 9.48 Å². The number of piperidine rings is 1. The van der Waals surface area contributed by atoms with Crippen LogP contribution in [0.5, 0.6) is 0 Å². The summed E-state index contributed by atoms with van der Waals surface area (Å²) in [5.41, 5.74) is 2.82. The lowest BCUT2D eigenvalue weighted by molar-refractivity contribution is -0.132. The van der Waals surface area contributed by atoms with Crippen molar-refractivity contribution in [2.75, 3.05) is 26.2 Å². The quantitative estimate of drug-likeness (QED) is 0.831. The summed E-state index contributed by atoms with van der Waals surface area (Å²) in [4.78, 5) is 17.4. The van der Waals surface area contributed by atoms with Crippen LogP contribution in [-0.2, 0) is 17.8 Å². The average molecular weight is 370 g/mol. The zero-order chi connectivity index (χ0) is 18.8. The Morgan fingerprint density at radius 2 is 2.04 bits per heavy atom. The maximum absolute atomic E-state index is 13.3. The first-order valence-corrected chi connectivity index (χ1v) is 9.88. The number of fused-ring (bicyclic) bond motifs is 1. The molecule has 1 amide bonds. The second-order valence-corrected chi connectivity index (χ2v) is 7.80. The topological polar surface area (TPSA) is 41.4 Å². The van der Waals surface area contributed by atoms with Gasteiger partial charge in [-0.2, -0.15) is 5.10 Å². The summed E-state index contributed by atoms with van der Waals surface area (Å²) < 4.78 is 15.4. The number of likely N-dealkylation sites (tertiary alicyclic amines) is 1. The zero-order valence-electron chi connectivity index (χ0n) is 15.9. The molecule has 0 N–H and O–H groups in total. The molecule has 1 aromatic carbocycles. The zero-order valence-corrected chi connectivity index (χ0v) is 15.9. The van der Waals surface area contributed by atoms with Gasteiger partial charge in [0.15, 0.2) is 0 Å². The average Bonchev–Trinajstić information content (AvgIpc) is 3.14. The maximum Gasteiger partial charge on any atom is 0.227 e. The Labute approximate surface area is 159 Å². The van der Waals surface area contributed by atoms with Crippen LogP contribution in [0.1, 0.15) is 42.1 Å². The van der Waals surface area contributed by atoms with Crippen molar-refractivity contribution in [3.05, 3.63) is 53.1 Å². The van der Waals surface area contributed by atoms with Crippen LogP contribution in [-0.4, -0.2) is 51.7 Å². The molecular formula is C21H27FN4O. The Kier molecular flexibility index (Phi) is 5.25. The highest BCUT2D eigenvalue weighted by Crippen LogP contribution is 2.24. The molecule has 0 aliphatic carbocycles. The highest BCUT2D eigenvalue weighted by Gasteiger charge is 2.30. The van der Waals surface area contributed by atoms with Gasteiger partial charge >= 0.3 is 0 Å². The number of nitrogens with zero attached hydrogens (tertiary/aromatic N) is 4. The summed E-state index contributed by atoms with van der Waals surface area (Å²) in [6.07, 6.45) is 5.97.